The molecule has 1 saturated heterocycles. The van der Waals surface area contributed by atoms with E-state index in [1.54, 1.807) is 12.4 Å². The second-order valence-corrected chi connectivity index (χ2v) is 7.77. The molecule has 4 rings (SSSR count). The largest absolute Gasteiger partial charge is 0.437 e. The first-order valence-corrected chi connectivity index (χ1v) is 10.2. The van der Waals surface area contributed by atoms with Gasteiger partial charge < -0.3 is 9.64 Å². The Kier molecular flexibility index (Phi) is 5.53. The number of anilines is 1. The Labute approximate surface area is 172 Å². The van der Waals surface area contributed by atoms with Crippen LogP contribution in [0.2, 0.25) is 0 Å². The number of nitrogens with zero attached hydrogens (tertiary/aromatic N) is 5. The van der Waals surface area contributed by atoms with Gasteiger partial charge in [-0.15, -0.1) is 0 Å². The number of aryl methyl sites for hydroxylation is 3. The van der Waals surface area contributed by atoms with E-state index >= 15 is 0 Å². The molecule has 1 aliphatic rings. The molecule has 0 saturated carbocycles. The van der Waals surface area contributed by atoms with Gasteiger partial charge in [-0.05, 0) is 50.1 Å². The van der Waals surface area contributed by atoms with E-state index in [9.17, 15) is 0 Å². The summed E-state index contributed by atoms with van der Waals surface area (Å²) in [5, 5.41) is 4.59. The topological polar surface area (TPSA) is 46.4 Å². The molecule has 152 valence electrons. The molecule has 1 fully saturated rings. The summed E-state index contributed by atoms with van der Waals surface area (Å²) in [5.74, 6) is 1.53. The molecular formula is C23H29N5O. The quantitative estimate of drug-likeness (QED) is 0.661. The molecule has 0 spiro atoms. The van der Waals surface area contributed by atoms with E-state index in [4.69, 9.17) is 4.74 Å². The van der Waals surface area contributed by atoms with Gasteiger partial charge >= 0.3 is 0 Å². The molecule has 0 bridgehead atoms. The van der Waals surface area contributed by atoms with Crippen molar-refractivity contribution >= 4 is 5.69 Å². The molecule has 2 aromatic heterocycles. The maximum atomic E-state index is 6.12. The minimum atomic E-state index is 0.733. The third-order valence-electron chi connectivity index (χ3n) is 5.81. The summed E-state index contributed by atoms with van der Waals surface area (Å²) >= 11 is 0. The van der Waals surface area contributed by atoms with Crippen LogP contribution in [0.3, 0.4) is 0 Å². The van der Waals surface area contributed by atoms with Gasteiger partial charge in [0.15, 0.2) is 0 Å². The maximum absolute atomic E-state index is 6.12. The standard InChI is InChI=1S/C23H29N5O/c1-17-7-5-9-22(18(17)2)28-13-11-27(12-14-28)16-21-19(3)25-26(4)23(21)29-20-8-6-10-24-15-20/h5-10,15H,11-14,16H2,1-4H3. The van der Waals surface area contributed by atoms with E-state index in [2.05, 4.69) is 58.9 Å². The Morgan fingerprint density at radius 1 is 1.00 bits per heavy atom. The van der Waals surface area contributed by atoms with Crippen molar-refractivity contribution in [3.05, 3.63) is 65.1 Å². The van der Waals surface area contributed by atoms with Gasteiger partial charge in [0.05, 0.1) is 17.5 Å². The molecule has 1 aliphatic heterocycles. The van der Waals surface area contributed by atoms with Crippen molar-refractivity contribution in [3.63, 3.8) is 0 Å². The van der Waals surface area contributed by atoms with Gasteiger partial charge in [-0.1, -0.05) is 12.1 Å². The Morgan fingerprint density at radius 2 is 1.79 bits per heavy atom. The Bertz CT molecular complexity index is 974. The number of rotatable bonds is 5. The minimum absolute atomic E-state index is 0.733. The van der Waals surface area contributed by atoms with Crippen LogP contribution in [-0.2, 0) is 13.6 Å². The molecule has 3 heterocycles. The molecule has 6 heteroatoms. The predicted octanol–water partition coefficient (Wildman–Crippen LogP) is 3.85. The fourth-order valence-electron chi connectivity index (χ4n) is 3.96. The zero-order valence-electron chi connectivity index (χ0n) is 17.7. The van der Waals surface area contributed by atoms with E-state index < -0.39 is 0 Å². The normalized spacial score (nSPS) is 15.0. The number of hydrogen-bond acceptors (Lipinski definition) is 5. The highest BCUT2D eigenvalue weighted by molar-refractivity contribution is 5.56. The molecule has 0 amide bonds. The van der Waals surface area contributed by atoms with E-state index in [-0.39, 0.29) is 0 Å². The number of aromatic nitrogens is 3. The highest BCUT2D eigenvalue weighted by Crippen LogP contribution is 2.29. The summed E-state index contributed by atoms with van der Waals surface area (Å²) in [6.45, 7) is 11.4. The van der Waals surface area contributed by atoms with Crippen LogP contribution in [-0.4, -0.2) is 45.8 Å². The molecule has 6 nitrogen and oxygen atoms in total. The predicted molar refractivity (Wildman–Crippen MR) is 116 cm³/mol. The van der Waals surface area contributed by atoms with Crippen molar-refractivity contribution in [1.82, 2.24) is 19.7 Å². The first-order valence-electron chi connectivity index (χ1n) is 10.2. The fraction of sp³-hybridized carbons (Fsp3) is 0.391. The lowest BCUT2D eigenvalue weighted by molar-refractivity contribution is 0.246. The first kappa shape index (κ1) is 19.5. The molecule has 0 unspecified atom stereocenters. The van der Waals surface area contributed by atoms with Crippen LogP contribution in [0.1, 0.15) is 22.4 Å². The molecule has 0 aliphatic carbocycles. The summed E-state index contributed by atoms with van der Waals surface area (Å²) in [4.78, 5) is 9.13. The third kappa shape index (κ3) is 4.12. The van der Waals surface area contributed by atoms with Crippen LogP contribution >= 0.6 is 0 Å². The highest BCUT2D eigenvalue weighted by atomic mass is 16.5. The monoisotopic (exact) mass is 391 g/mol. The van der Waals surface area contributed by atoms with Gasteiger partial charge in [0, 0.05) is 51.7 Å². The molecule has 29 heavy (non-hydrogen) atoms. The summed E-state index contributed by atoms with van der Waals surface area (Å²) in [6, 6.07) is 10.4. The highest BCUT2D eigenvalue weighted by Gasteiger charge is 2.23. The fourth-order valence-corrected chi connectivity index (χ4v) is 3.96. The van der Waals surface area contributed by atoms with Gasteiger partial charge in [-0.3, -0.25) is 9.88 Å². The number of hydrogen-bond donors (Lipinski definition) is 0. The average Bonchev–Trinajstić information content (AvgIpc) is 2.98. The zero-order chi connectivity index (χ0) is 20.4. The summed E-state index contributed by atoms with van der Waals surface area (Å²) in [7, 11) is 1.93. The molecule has 3 aromatic rings. The zero-order valence-corrected chi connectivity index (χ0v) is 17.7. The summed E-state index contributed by atoms with van der Waals surface area (Å²) < 4.78 is 7.95. The van der Waals surface area contributed by atoms with E-state index in [0.29, 0.717) is 0 Å². The van der Waals surface area contributed by atoms with E-state index in [0.717, 1.165) is 55.6 Å². The second kappa shape index (κ2) is 8.25. The van der Waals surface area contributed by atoms with Crippen LogP contribution in [0.5, 0.6) is 11.6 Å². The van der Waals surface area contributed by atoms with Crippen molar-refractivity contribution in [3.8, 4) is 11.6 Å². The van der Waals surface area contributed by atoms with Crippen LogP contribution in [0.4, 0.5) is 5.69 Å². The lowest BCUT2D eigenvalue weighted by Gasteiger charge is -2.37. The Morgan fingerprint density at radius 3 is 2.52 bits per heavy atom. The lowest BCUT2D eigenvalue weighted by atomic mass is 10.1. The summed E-state index contributed by atoms with van der Waals surface area (Å²) in [6.07, 6.45) is 3.48. The van der Waals surface area contributed by atoms with E-state index in [1.807, 2.05) is 23.9 Å². The van der Waals surface area contributed by atoms with Crippen LogP contribution < -0.4 is 9.64 Å². The van der Waals surface area contributed by atoms with Crippen molar-refractivity contribution in [2.45, 2.75) is 27.3 Å². The smallest absolute Gasteiger partial charge is 0.222 e. The molecule has 1 aromatic carbocycles. The first-order chi connectivity index (χ1) is 14.0. The number of pyridine rings is 1. The number of ether oxygens (including phenoxy) is 1. The Hall–Kier alpha value is -2.86. The number of piperazine rings is 1. The maximum Gasteiger partial charge on any atom is 0.222 e. The van der Waals surface area contributed by atoms with Gasteiger partial charge in [0.2, 0.25) is 5.88 Å². The molecule has 0 radical (unpaired) electrons. The Balaban J connectivity index is 1.45. The van der Waals surface area contributed by atoms with Crippen molar-refractivity contribution < 1.29 is 4.74 Å². The number of benzene rings is 1. The molecule has 0 N–H and O–H groups in total. The lowest BCUT2D eigenvalue weighted by Crippen LogP contribution is -2.46. The van der Waals surface area contributed by atoms with Gasteiger partial charge in [0.25, 0.3) is 0 Å². The SMILES string of the molecule is Cc1cccc(N2CCN(Cc3c(C)nn(C)c3Oc3cccnc3)CC2)c1C. The van der Waals surface area contributed by atoms with Crippen LogP contribution in [0.25, 0.3) is 0 Å². The van der Waals surface area contributed by atoms with Gasteiger partial charge in [-0.2, -0.15) is 5.10 Å². The summed E-state index contributed by atoms with van der Waals surface area (Å²) in [5.41, 5.74) is 6.27. The van der Waals surface area contributed by atoms with Gasteiger partial charge in [0.1, 0.15) is 5.75 Å². The van der Waals surface area contributed by atoms with E-state index in [1.165, 1.54) is 16.8 Å². The van der Waals surface area contributed by atoms with Crippen molar-refractivity contribution in [1.29, 1.82) is 0 Å². The second-order valence-electron chi connectivity index (χ2n) is 7.77. The average molecular weight is 392 g/mol. The van der Waals surface area contributed by atoms with Crippen molar-refractivity contribution in [2.75, 3.05) is 31.1 Å². The van der Waals surface area contributed by atoms with Crippen LogP contribution in [0, 0.1) is 20.8 Å². The van der Waals surface area contributed by atoms with Crippen molar-refractivity contribution in [2.24, 2.45) is 7.05 Å². The minimum Gasteiger partial charge on any atom is -0.437 e. The third-order valence-corrected chi connectivity index (χ3v) is 5.81. The molecular weight excluding hydrogens is 362 g/mol. The van der Waals surface area contributed by atoms with Crippen LogP contribution in [0.15, 0.2) is 42.7 Å². The molecule has 0 atom stereocenters. The van der Waals surface area contributed by atoms with Gasteiger partial charge in [-0.25, -0.2) is 4.68 Å².